The van der Waals surface area contributed by atoms with E-state index in [-0.39, 0.29) is 72.3 Å². The van der Waals surface area contributed by atoms with Crippen LogP contribution in [-0.2, 0) is 66.7 Å². The van der Waals surface area contributed by atoms with Gasteiger partial charge in [0.05, 0.1) is 45.6 Å². The summed E-state index contributed by atoms with van der Waals surface area (Å²) in [5.74, 6) is -1.09. The molecule has 0 saturated carbocycles. The van der Waals surface area contributed by atoms with Crippen molar-refractivity contribution in [2.75, 3.05) is 82.6 Å². The number of aliphatic hydroxyl groups excluding tert-OH is 1. The van der Waals surface area contributed by atoms with Gasteiger partial charge in [-0.25, -0.2) is 36.9 Å². The van der Waals surface area contributed by atoms with Crippen LogP contribution in [0, 0.1) is 49.6 Å². The third kappa shape index (κ3) is 29.7. The fourth-order valence-corrected chi connectivity index (χ4v) is 12.6. The average molecular weight is 2210 g/mol. The first-order valence-corrected chi connectivity index (χ1v) is 56.4. The molecule has 0 amide bonds. The third-order valence-electron chi connectivity index (χ3n) is 17.7. The van der Waals surface area contributed by atoms with Gasteiger partial charge in [-0.15, -0.1) is 24.0 Å². The van der Waals surface area contributed by atoms with Crippen LogP contribution in [0.15, 0.2) is 176 Å². The van der Waals surface area contributed by atoms with E-state index in [1.54, 1.807) is 30.3 Å². The Balaban J connectivity index is 0.000000357. The zero-order chi connectivity index (χ0) is 77.4. The first kappa shape index (κ1) is 97.6. The number of epoxide rings is 1. The first-order valence-electron chi connectivity index (χ1n) is 33.9. The van der Waals surface area contributed by atoms with E-state index in [1.165, 1.54) is 48.5 Å². The van der Waals surface area contributed by atoms with Crippen molar-refractivity contribution >= 4 is 152 Å². The van der Waals surface area contributed by atoms with E-state index in [2.05, 4.69) is 168 Å². The van der Waals surface area contributed by atoms with Crippen molar-refractivity contribution in [3.05, 3.63) is 312 Å². The van der Waals surface area contributed by atoms with Gasteiger partial charge in [0.15, 0.2) is 22.7 Å². The number of aliphatic hydroxyl groups is 2. The van der Waals surface area contributed by atoms with Crippen LogP contribution in [-0.4, -0.2) is 118 Å². The van der Waals surface area contributed by atoms with Crippen molar-refractivity contribution in [2.24, 2.45) is 0 Å². The summed E-state index contributed by atoms with van der Waals surface area (Å²) in [5.41, 5.74) is 12.2. The summed E-state index contributed by atoms with van der Waals surface area (Å²) in [6.07, 6.45) is 8.68. The van der Waals surface area contributed by atoms with Crippen molar-refractivity contribution in [3.63, 3.8) is 0 Å². The average Bonchev–Trinajstić information content (AvgIpc) is 1.55. The quantitative estimate of drug-likeness (QED) is 0.0268. The van der Waals surface area contributed by atoms with Crippen molar-refractivity contribution in [1.29, 1.82) is 0 Å². The molecule has 1 saturated heterocycles. The van der Waals surface area contributed by atoms with E-state index in [1.807, 2.05) is 138 Å². The summed E-state index contributed by atoms with van der Waals surface area (Å²) in [6.45, 7) is 36.8. The van der Waals surface area contributed by atoms with Crippen molar-refractivity contribution in [2.45, 2.75) is 109 Å². The Kier molecular flexibility index (Phi) is 45.4. The third-order valence-corrected chi connectivity index (χ3v) is 17.7. The van der Waals surface area contributed by atoms with Gasteiger partial charge in [0.1, 0.15) is 40.1 Å². The molecule has 10 rings (SSSR count). The Morgan fingerprint density at radius 1 is 0.579 bits per heavy atom. The minimum absolute atomic E-state index is 0. The molecule has 107 heavy (non-hydrogen) atoms. The number of hydrogen-bond acceptors (Lipinski definition) is 8. The van der Waals surface area contributed by atoms with Gasteiger partial charge in [0.25, 0.3) is 0 Å². The first-order chi connectivity index (χ1) is 50.1. The second-order valence-corrected chi connectivity index (χ2v) is 73.1. The van der Waals surface area contributed by atoms with Crippen LogP contribution < -0.4 is 0 Å². The van der Waals surface area contributed by atoms with Gasteiger partial charge in [-0.3, -0.25) is 0 Å². The van der Waals surface area contributed by atoms with E-state index < -0.39 is 16.8 Å². The Morgan fingerprint density at radius 3 is 1.50 bits per heavy atom. The fraction of sp³-hybridized carbons (Fsp3) is 0.349. The maximum absolute atomic E-state index is 13.4. The molecule has 571 valence electrons. The van der Waals surface area contributed by atoms with E-state index in [0.29, 0.717) is 61.9 Å². The number of halogens is 10. The molecule has 0 bridgehead atoms. The zero-order valence-electron chi connectivity index (χ0n) is 61.2. The SMILES string of the molecule is C.I.[C-]#[N+]c1ccc(/C(=C/CCN(C)C)c2ccc(F)cc2)c(CC)c1.[C-]#[N+]c1ccc(C(O)(CCCN(C)C)c2ccc(F)cc2)c(CO)c1.[C-]#[N+]c1ccc(C2(c3ccc(F)cc3)OC2CCN(C)C)c(CC)c1.[C-]#[N+]c1ccc2c(c1)CO[C@]2(CCCN(C)C)c1ccc(F)cc1.[I][V]([I])[I].[I][V][I]. The second kappa shape index (κ2) is 49.8. The van der Waals surface area contributed by atoms with E-state index in [9.17, 15) is 27.8 Å². The van der Waals surface area contributed by atoms with Crippen LogP contribution in [0.5, 0.6) is 0 Å². The van der Waals surface area contributed by atoms with Crippen molar-refractivity contribution in [3.8, 4) is 0 Å². The molecule has 1 fully saturated rings. The summed E-state index contributed by atoms with van der Waals surface area (Å²) in [6, 6.07) is 47.8. The van der Waals surface area contributed by atoms with Gasteiger partial charge in [-0.2, -0.15) is 0 Å². The fourth-order valence-electron chi connectivity index (χ4n) is 12.6. The summed E-state index contributed by atoms with van der Waals surface area (Å²) < 4.78 is 65.9. The predicted molar refractivity (Wildman–Crippen MR) is 477 cm³/mol. The summed E-state index contributed by atoms with van der Waals surface area (Å²) in [5, 5.41) is 21.2. The van der Waals surface area contributed by atoms with Gasteiger partial charge in [0.2, 0.25) is 0 Å². The number of rotatable bonds is 24. The van der Waals surface area contributed by atoms with Crippen LogP contribution in [0.2, 0.25) is 0 Å². The number of hydrogen-bond donors (Lipinski definition) is 2. The molecule has 3 unspecified atom stereocenters. The molecule has 8 aromatic carbocycles. The topological polar surface area (TPSA) is 92.6 Å². The van der Waals surface area contributed by atoms with Crippen LogP contribution in [0.4, 0.5) is 40.3 Å². The number of ether oxygens (including phenoxy) is 2. The summed E-state index contributed by atoms with van der Waals surface area (Å²) >= 11 is 12.1. The normalized spacial score (nSPS) is 15.7. The van der Waals surface area contributed by atoms with Crippen molar-refractivity contribution in [1.82, 2.24) is 19.6 Å². The molecule has 2 heterocycles. The monoisotopic (exact) mass is 2210 g/mol. The van der Waals surface area contributed by atoms with E-state index >= 15 is 0 Å². The molecule has 0 spiro atoms. The summed E-state index contributed by atoms with van der Waals surface area (Å²) in [4.78, 5) is 22.1. The number of aryl methyl sites for hydroxylation is 2. The van der Waals surface area contributed by atoms with Crippen LogP contribution in [0.25, 0.3) is 25.0 Å². The molecule has 2 aliphatic rings. The molecule has 2 N–H and O–H groups in total. The molecule has 12 nitrogen and oxygen atoms in total. The molecule has 0 aromatic heterocycles. The maximum atomic E-state index is 13.4. The molecular weight excluding hydrogens is 2110 g/mol. The Labute approximate surface area is 717 Å². The van der Waals surface area contributed by atoms with Crippen LogP contribution >= 0.6 is 124 Å². The van der Waals surface area contributed by atoms with E-state index in [0.717, 1.165) is 127 Å². The molecule has 24 heteroatoms. The molecule has 0 radical (unpaired) electrons. The molecule has 4 atom stereocenters. The predicted octanol–water partition coefficient (Wildman–Crippen LogP) is 23.5. The Hall–Kier alpha value is -3.59. The Morgan fingerprint density at radius 2 is 1.01 bits per heavy atom. The second-order valence-electron chi connectivity index (χ2n) is 25.9. The number of nitrogens with zero attached hydrogens (tertiary/aromatic N) is 8. The zero-order valence-corrected chi connectivity index (χ0v) is 77.1. The molecular formula is C83H95F4I6N8O4V2. The van der Waals surface area contributed by atoms with Gasteiger partial charge in [-0.1, -0.05) is 160 Å². The van der Waals surface area contributed by atoms with Gasteiger partial charge >= 0.3 is 114 Å². The van der Waals surface area contributed by atoms with Crippen molar-refractivity contribution < 1.29 is 51.6 Å². The van der Waals surface area contributed by atoms with E-state index in [4.69, 9.17) is 35.8 Å². The Bertz CT molecular complexity index is 4140. The molecule has 2 aliphatic heterocycles. The summed E-state index contributed by atoms with van der Waals surface area (Å²) in [7, 11) is 16.8. The molecule has 0 aliphatic carbocycles. The van der Waals surface area contributed by atoms with Crippen LogP contribution in [0.3, 0.4) is 0 Å². The van der Waals surface area contributed by atoms with Gasteiger partial charge in [-0.05, 0) is 231 Å². The number of fused-ring (bicyclic) bond motifs is 1. The molecule has 8 aromatic rings. The van der Waals surface area contributed by atoms with Crippen LogP contribution in [0.1, 0.15) is 127 Å². The number of benzene rings is 8. The standard InChI is InChI=1S/C21H23FN2O.C21H23FN2.C20H23FN2O2.C20H21FN2O.CH4.6HI.2V/c1-5-15-14-18(23-2)10-11-19(15)21(16-6-8-17(22)9-7-16)20(25-21)12-13-24(3)4;1-5-16-15-19(23-2)12-13-21(16)20(7-6-14-24(3)4)17-8-10-18(22)11-9-17;1-22-18-9-10-19(15(13-18)14-24)20(25,11-4-12-23(2)3)16-5-7-17(21)8-6-16;1-22-18-9-10-19-15(13-18)14-24-20(19,11-4-12-23(2)3)16-5-7-17(21)8-6-16;;;;;;;;;/h6-11,14,20H,5,12-13H2,1,3-4H3;7-13,15H,5-6,14H2,1,3-4H3;5-10,13,24-25H,4,11-12,14H2,2-3H3;5-10,13H,4,11-12,14H2,2-3H3;1H4;6*1H;;/q;;;;;;;;;;;+2;+3/p-5/b;20-7+;;;;;;;;;;;/t;;;20-;;;;;;;;;/m...1........./s1. The van der Waals surface area contributed by atoms with Gasteiger partial charge in [0, 0.05) is 13.1 Å². The minimum atomic E-state index is -1.36. The van der Waals surface area contributed by atoms with Gasteiger partial charge < -0.3 is 39.3 Å².